The zero-order valence-corrected chi connectivity index (χ0v) is 11.0. The Bertz CT molecular complexity index is 516. The molecule has 1 unspecified atom stereocenters. The van der Waals surface area contributed by atoms with Crippen molar-refractivity contribution in [2.45, 2.75) is 18.9 Å². The fourth-order valence-electron chi connectivity index (χ4n) is 1.85. The number of nitriles is 1. The Morgan fingerprint density at radius 1 is 1.60 bits per heavy atom. The number of carbonyl (C=O) groups excluding carboxylic acids is 1. The second-order valence-corrected chi connectivity index (χ2v) is 4.37. The number of pyridine rings is 1. The van der Waals surface area contributed by atoms with Crippen LogP contribution in [0.2, 0.25) is 0 Å². The Kier molecular flexibility index (Phi) is 5.09. The van der Waals surface area contributed by atoms with E-state index < -0.39 is 5.91 Å². The number of carbonyl (C=O) groups is 1. The molecule has 0 saturated carbocycles. The second-order valence-electron chi connectivity index (χ2n) is 4.37. The van der Waals surface area contributed by atoms with E-state index in [1.807, 2.05) is 12.1 Å². The number of rotatable bonds is 5. The van der Waals surface area contributed by atoms with Crippen LogP contribution in [-0.2, 0) is 9.53 Å². The molecule has 6 heteroatoms. The summed E-state index contributed by atoms with van der Waals surface area (Å²) in [4.78, 5) is 15.9. The Morgan fingerprint density at radius 3 is 3.15 bits per heavy atom. The van der Waals surface area contributed by atoms with Crippen molar-refractivity contribution in [1.29, 1.82) is 5.26 Å². The quantitative estimate of drug-likeness (QED) is 0.621. The van der Waals surface area contributed by atoms with Crippen LogP contribution in [0.3, 0.4) is 0 Å². The summed E-state index contributed by atoms with van der Waals surface area (Å²) in [6, 6.07) is 7.21. The van der Waals surface area contributed by atoms with Crippen LogP contribution in [-0.4, -0.2) is 30.1 Å². The number of hydrogen-bond donors (Lipinski definition) is 2. The average molecular weight is 272 g/mol. The number of anilines is 1. The lowest BCUT2D eigenvalue weighted by Crippen LogP contribution is -2.32. The van der Waals surface area contributed by atoms with Crippen molar-refractivity contribution >= 4 is 11.7 Å². The molecule has 0 aliphatic carbocycles. The van der Waals surface area contributed by atoms with Gasteiger partial charge in [0.15, 0.2) is 0 Å². The molecule has 1 aromatic heterocycles. The molecule has 1 aliphatic rings. The van der Waals surface area contributed by atoms with Gasteiger partial charge in [0.05, 0.1) is 6.10 Å². The molecule has 2 N–H and O–H groups in total. The smallest absolute Gasteiger partial charge is 0.263 e. The van der Waals surface area contributed by atoms with Gasteiger partial charge in [-0.1, -0.05) is 6.07 Å². The lowest BCUT2D eigenvalue weighted by Gasteiger charge is -2.10. The molecule has 2 rings (SSSR count). The summed E-state index contributed by atoms with van der Waals surface area (Å²) < 4.78 is 5.40. The predicted molar refractivity (Wildman–Crippen MR) is 73.5 cm³/mol. The average Bonchev–Trinajstić information content (AvgIpc) is 3.00. The van der Waals surface area contributed by atoms with Gasteiger partial charge < -0.3 is 15.4 Å². The molecule has 1 amide bonds. The Labute approximate surface area is 117 Å². The van der Waals surface area contributed by atoms with Crippen LogP contribution in [0, 0.1) is 11.3 Å². The second kappa shape index (κ2) is 7.26. The lowest BCUT2D eigenvalue weighted by molar-refractivity contribution is -0.117. The standard InChI is InChI=1S/C14H16N4O2/c15-8-11(9-17-13-5-1-2-6-16-13)14(19)18-10-12-4-3-7-20-12/h1-2,5-6,9,12H,3-4,7,10H2,(H,16,17)(H,18,19)/b11-9-. The van der Waals surface area contributed by atoms with E-state index in [9.17, 15) is 4.79 Å². The molecule has 2 heterocycles. The summed E-state index contributed by atoms with van der Waals surface area (Å²) >= 11 is 0. The van der Waals surface area contributed by atoms with Crippen molar-refractivity contribution < 1.29 is 9.53 Å². The first-order valence-electron chi connectivity index (χ1n) is 6.47. The molecule has 1 fully saturated rings. The highest BCUT2D eigenvalue weighted by molar-refractivity contribution is 5.97. The summed E-state index contributed by atoms with van der Waals surface area (Å²) in [5.41, 5.74) is 0.00801. The van der Waals surface area contributed by atoms with Gasteiger partial charge in [0.2, 0.25) is 0 Å². The third-order valence-corrected chi connectivity index (χ3v) is 2.91. The number of nitrogens with one attached hydrogen (secondary N) is 2. The summed E-state index contributed by atoms with van der Waals surface area (Å²) in [7, 11) is 0. The third kappa shape index (κ3) is 4.07. The Morgan fingerprint density at radius 2 is 2.50 bits per heavy atom. The van der Waals surface area contributed by atoms with Crippen molar-refractivity contribution in [1.82, 2.24) is 10.3 Å². The van der Waals surface area contributed by atoms with E-state index in [0.717, 1.165) is 19.4 Å². The van der Waals surface area contributed by atoms with Crippen molar-refractivity contribution in [2.24, 2.45) is 0 Å². The maximum atomic E-state index is 11.8. The highest BCUT2D eigenvalue weighted by Gasteiger charge is 2.17. The highest BCUT2D eigenvalue weighted by Crippen LogP contribution is 2.10. The first-order chi connectivity index (χ1) is 9.79. The van der Waals surface area contributed by atoms with E-state index in [0.29, 0.717) is 12.4 Å². The number of amides is 1. The molecule has 104 valence electrons. The molecule has 20 heavy (non-hydrogen) atoms. The molecule has 1 saturated heterocycles. The largest absolute Gasteiger partial charge is 0.376 e. The zero-order valence-electron chi connectivity index (χ0n) is 11.0. The van der Waals surface area contributed by atoms with Crippen molar-refractivity contribution in [3.05, 3.63) is 36.2 Å². The minimum atomic E-state index is -0.411. The topological polar surface area (TPSA) is 87.0 Å². The van der Waals surface area contributed by atoms with E-state index in [4.69, 9.17) is 10.00 Å². The molecule has 0 aromatic carbocycles. The third-order valence-electron chi connectivity index (χ3n) is 2.91. The molecule has 6 nitrogen and oxygen atoms in total. The monoisotopic (exact) mass is 272 g/mol. The minimum Gasteiger partial charge on any atom is -0.376 e. The van der Waals surface area contributed by atoms with Gasteiger partial charge in [-0.05, 0) is 25.0 Å². The van der Waals surface area contributed by atoms with Gasteiger partial charge in [-0.25, -0.2) is 4.98 Å². The van der Waals surface area contributed by atoms with Crippen LogP contribution in [0.25, 0.3) is 0 Å². The SMILES string of the molecule is N#C/C(=C/Nc1ccccn1)C(=O)NCC1CCCO1. The minimum absolute atomic E-state index is 0.00801. The normalized spacial score (nSPS) is 18.4. The summed E-state index contributed by atoms with van der Waals surface area (Å²) in [5, 5.41) is 14.5. The molecular weight excluding hydrogens is 256 g/mol. The van der Waals surface area contributed by atoms with E-state index in [1.54, 1.807) is 18.3 Å². The van der Waals surface area contributed by atoms with Gasteiger partial charge in [0.1, 0.15) is 17.5 Å². The van der Waals surface area contributed by atoms with Crippen LogP contribution in [0.5, 0.6) is 0 Å². The summed E-state index contributed by atoms with van der Waals surface area (Å²) in [6.45, 7) is 1.17. The van der Waals surface area contributed by atoms with E-state index in [-0.39, 0.29) is 11.7 Å². The number of ether oxygens (including phenoxy) is 1. The molecule has 0 radical (unpaired) electrons. The maximum absolute atomic E-state index is 11.8. The van der Waals surface area contributed by atoms with Crippen molar-refractivity contribution in [2.75, 3.05) is 18.5 Å². The van der Waals surface area contributed by atoms with Crippen LogP contribution in [0.15, 0.2) is 36.2 Å². The predicted octanol–water partition coefficient (Wildman–Crippen LogP) is 1.20. The number of hydrogen-bond acceptors (Lipinski definition) is 5. The van der Waals surface area contributed by atoms with Gasteiger partial charge in [-0.15, -0.1) is 0 Å². The van der Waals surface area contributed by atoms with E-state index in [1.165, 1.54) is 6.20 Å². The Balaban J connectivity index is 1.86. The first-order valence-corrected chi connectivity index (χ1v) is 6.47. The molecule has 0 spiro atoms. The fourth-order valence-corrected chi connectivity index (χ4v) is 1.85. The van der Waals surface area contributed by atoms with Gasteiger partial charge >= 0.3 is 0 Å². The number of nitrogens with zero attached hydrogens (tertiary/aromatic N) is 2. The highest BCUT2D eigenvalue weighted by atomic mass is 16.5. The van der Waals surface area contributed by atoms with Gasteiger partial charge in [-0.3, -0.25) is 4.79 Å². The number of aromatic nitrogens is 1. The van der Waals surface area contributed by atoms with E-state index >= 15 is 0 Å². The summed E-state index contributed by atoms with van der Waals surface area (Å²) in [5.74, 6) is 0.165. The van der Waals surface area contributed by atoms with Gasteiger partial charge in [-0.2, -0.15) is 5.26 Å². The van der Waals surface area contributed by atoms with Crippen LogP contribution < -0.4 is 10.6 Å². The van der Waals surface area contributed by atoms with Crippen LogP contribution in [0.1, 0.15) is 12.8 Å². The van der Waals surface area contributed by atoms with Crippen LogP contribution in [0.4, 0.5) is 5.82 Å². The first kappa shape index (κ1) is 14.0. The van der Waals surface area contributed by atoms with Crippen LogP contribution >= 0.6 is 0 Å². The molecule has 1 aromatic rings. The van der Waals surface area contributed by atoms with Gasteiger partial charge in [0.25, 0.3) is 5.91 Å². The van der Waals surface area contributed by atoms with Crippen molar-refractivity contribution in [3.8, 4) is 6.07 Å². The van der Waals surface area contributed by atoms with Crippen molar-refractivity contribution in [3.63, 3.8) is 0 Å². The Hall–Kier alpha value is -2.39. The van der Waals surface area contributed by atoms with E-state index in [2.05, 4.69) is 15.6 Å². The molecular formula is C14H16N4O2. The summed E-state index contributed by atoms with van der Waals surface area (Å²) in [6.07, 6.45) is 5.00. The molecule has 1 atom stereocenters. The molecule has 0 bridgehead atoms. The lowest BCUT2D eigenvalue weighted by atomic mass is 10.2. The maximum Gasteiger partial charge on any atom is 0.263 e. The van der Waals surface area contributed by atoms with Gasteiger partial charge in [0, 0.05) is 25.5 Å². The fraction of sp³-hybridized carbons (Fsp3) is 0.357. The molecule has 1 aliphatic heterocycles. The zero-order chi connectivity index (χ0) is 14.2.